The molecule has 0 N–H and O–H groups in total. The molecule has 0 atom stereocenters. The van der Waals surface area contributed by atoms with E-state index < -0.39 is 0 Å². The lowest BCUT2D eigenvalue weighted by Crippen LogP contribution is -2.14. The molecule has 9 rings (SSSR count). The second-order valence-corrected chi connectivity index (χ2v) is 12.5. The Hall–Kier alpha value is -5.87. The molecule has 4 heteroatoms. The SMILES string of the molecule is CC1(C)c2ccccc2-c2c1ccc1c2oc2ccc(-c3cccc(-c4nc(-c5ccccc5)nc(-c5ccccc5)n4)c3)cc21. The van der Waals surface area contributed by atoms with E-state index >= 15 is 0 Å². The van der Waals surface area contributed by atoms with Crippen molar-refractivity contribution in [2.75, 3.05) is 0 Å². The van der Waals surface area contributed by atoms with E-state index in [2.05, 4.69) is 92.7 Å². The van der Waals surface area contributed by atoms with Crippen LogP contribution in [0.4, 0.5) is 0 Å². The summed E-state index contributed by atoms with van der Waals surface area (Å²) in [6.07, 6.45) is 0. The van der Waals surface area contributed by atoms with Gasteiger partial charge in [-0.2, -0.15) is 0 Å². The van der Waals surface area contributed by atoms with Gasteiger partial charge in [-0.05, 0) is 46.0 Å². The van der Waals surface area contributed by atoms with E-state index in [9.17, 15) is 0 Å². The van der Waals surface area contributed by atoms with Crippen molar-refractivity contribution in [3.63, 3.8) is 0 Å². The second kappa shape index (κ2) is 10.1. The summed E-state index contributed by atoms with van der Waals surface area (Å²) in [5.74, 6) is 1.94. The summed E-state index contributed by atoms with van der Waals surface area (Å²) in [7, 11) is 0. The molecule has 46 heavy (non-hydrogen) atoms. The first kappa shape index (κ1) is 26.5. The van der Waals surface area contributed by atoms with E-state index in [1.165, 1.54) is 22.3 Å². The molecule has 0 radical (unpaired) electrons. The normalized spacial score (nSPS) is 13.2. The third-order valence-electron chi connectivity index (χ3n) is 9.34. The standard InChI is InChI=1S/C42H29N3O/c1-42(2)34-19-10-9-18-32(34)37-35(42)22-21-31-33-25-29(20-23-36(33)46-38(31)37)28-16-11-17-30(24-28)41-44-39(26-12-5-3-6-13-26)43-40(45-41)27-14-7-4-8-15-27/h3-25H,1-2H3. The highest BCUT2D eigenvalue weighted by molar-refractivity contribution is 6.12. The zero-order valence-electron chi connectivity index (χ0n) is 25.5. The summed E-state index contributed by atoms with van der Waals surface area (Å²) in [5, 5.41) is 2.25. The minimum atomic E-state index is -0.0690. The van der Waals surface area contributed by atoms with Gasteiger partial charge in [0.05, 0.1) is 0 Å². The van der Waals surface area contributed by atoms with E-state index in [1.807, 2.05) is 60.7 Å². The van der Waals surface area contributed by atoms with Crippen LogP contribution >= 0.6 is 0 Å². The van der Waals surface area contributed by atoms with Crippen LogP contribution in [-0.2, 0) is 5.41 Å². The second-order valence-electron chi connectivity index (χ2n) is 12.5. The number of furan rings is 1. The predicted molar refractivity (Wildman–Crippen MR) is 186 cm³/mol. The molecule has 8 aromatic rings. The molecular weight excluding hydrogens is 562 g/mol. The van der Waals surface area contributed by atoms with Gasteiger partial charge in [0.2, 0.25) is 0 Å². The molecule has 0 aliphatic heterocycles. The fraction of sp³-hybridized carbons (Fsp3) is 0.0714. The smallest absolute Gasteiger partial charge is 0.164 e. The first-order valence-electron chi connectivity index (χ1n) is 15.6. The van der Waals surface area contributed by atoms with E-state index in [0.29, 0.717) is 17.5 Å². The first-order valence-corrected chi connectivity index (χ1v) is 15.6. The molecule has 1 aliphatic carbocycles. The monoisotopic (exact) mass is 591 g/mol. The van der Waals surface area contributed by atoms with Crippen molar-refractivity contribution >= 4 is 21.9 Å². The van der Waals surface area contributed by atoms with E-state index in [1.54, 1.807) is 0 Å². The van der Waals surface area contributed by atoms with Crippen molar-refractivity contribution in [1.82, 2.24) is 15.0 Å². The largest absolute Gasteiger partial charge is 0.455 e. The van der Waals surface area contributed by atoms with Gasteiger partial charge in [0.1, 0.15) is 11.2 Å². The van der Waals surface area contributed by atoms with Crippen LogP contribution in [0.2, 0.25) is 0 Å². The Morgan fingerprint density at radius 3 is 1.76 bits per heavy atom. The van der Waals surface area contributed by atoms with Gasteiger partial charge in [-0.25, -0.2) is 15.0 Å². The molecule has 0 saturated heterocycles. The molecule has 0 amide bonds. The van der Waals surface area contributed by atoms with Gasteiger partial charge in [0.15, 0.2) is 17.5 Å². The van der Waals surface area contributed by atoms with Crippen LogP contribution in [0.3, 0.4) is 0 Å². The number of nitrogens with zero attached hydrogens (tertiary/aromatic N) is 3. The van der Waals surface area contributed by atoms with Crippen molar-refractivity contribution in [1.29, 1.82) is 0 Å². The average Bonchev–Trinajstić information content (AvgIpc) is 3.60. The lowest BCUT2D eigenvalue weighted by molar-refractivity contribution is 0.653. The molecule has 2 aromatic heterocycles. The van der Waals surface area contributed by atoms with Crippen LogP contribution in [0.5, 0.6) is 0 Å². The Morgan fingerprint density at radius 1 is 0.457 bits per heavy atom. The van der Waals surface area contributed by atoms with Gasteiger partial charge in [-0.15, -0.1) is 0 Å². The number of rotatable bonds is 4. The minimum Gasteiger partial charge on any atom is -0.455 e. The number of aromatic nitrogens is 3. The molecule has 1 aliphatic rings. The molecule has 0 spiro atoms. The molecular formula is C42H29N3O. The van der Waals surface area contributed by atoms with Crippen LogP contribution in [0.1, 0.15) is 25.0 Å². The maximum Gasteiger partial charge on any atom is 0.164 e. The molecule has 0 unspecified atom stereocenters. The fourth-order valence-electron chi connectivity index (χ4n) is 6.97. The van der Waals surface area contributed by atoms with Crippen LogP contribution < -0.4 is 0 Å². The molecule has 0 fully saturated rings. The number of hydrogen-bond donors (Lipinski definition) is 0. The van der Waals surface area contributed by atoms with Gasteiger partial charge < -0.3 is 4.42 Å². The van der Waals surface area contributed by atoms with Crippen molar-refractivity contribution in [3.8, 4) is 56.4 Å². The van der Waals surface area contributed by atoms with Gasteiger partial charge >= 0.3 is 0 Å². The Labute approximate surface area is 267 Å². The zero-order valence-corrected chi connectivity index (χ0v) is 25.5. The third kappa shape index (κ3) is 4.11. The highest BCUT2D eigenvalue weighted by atomic mass is 16.3. The lowest BCUT2D eigenvalue weighted by atomic mass is 9.82. The number of hydrogen-bond acceptors (Lipinski definition) is 4. The highest BCUT2D eigenvalue weighted by Gasteiger charge is 2.37. The van der Waals surface area contributed by atoms with Crippen LogP contribution in [0, 0.1) is 0 Å². The molecule has 0 saturated carbocycles. The van der Waals surface area contributed by atoms with Crippen molar-refractivity contribution in [3.05, 3.63) is 151 Å². The summed E-state index contributed by atoms with van der Waals surface area (Å²) in [4.78, 5) is 14.7. The van der Waals surface area contributed by atoms with Gasteiger partial charge in [0.25, 0.3) is 0 Å². The van der Waals surface area contributed by atoms with Crippen LogP contribution in [0.15, 0.2) is 144 Å². The molecule has 6 aromatic carbocycles. The van der Waals surface area contributed by atoms with Crippen molar-refractivity contribution < 1.29 is 4.42 Å². The maximum atomic E-state index is 6.61. The lowest BCUT2D eigenvalue weighted by Gasteiger charge is -2.21. The maximum absolute atomic E-state index is 6.61. The van der Waals surface area contributed by atoms with Gasteiger partial charge in [-0.1, -0.05) is 135 Å². The van der Waals surface area contributed by atoms with Gasteiger partial charge in [-0.3, -0.25) is 0 Å². The zero-order chi connectivity index (χ0) is 30.8. The summed E-state index contributed by atoms with van der Waals surface area (Å²) in [5.41, 5.74) is 12.0. The Balaban J connectivity index is 1.17. The third-order valence-corrected chi connectivity index (χ3v) is 9.34. The Bertz CT molecular complexity index is 2380. The minimum absolute atomic E-state index is 0.0690. The first-order chi connectivity index (χ1) is 22.5. The predicted octanol–water partition coefficient (Wildman–Crippen LogP) is 10.7. The summed E-state index contributed by atoms with van der Waals surface area (Å²) in [6, 6.07) is 48.3. The quantitative estimate of drug-likeness (QED) is 0.204. The molecule has 218 valence electrons. The van der Waals surface area contributed by atoms with Crippen molar-refractivity contribution in [2.45, 2.75) is 19.3 Å². The summed E-state index contributed by atoms with van der Waals surface area (Å²) < 4.78 is 6.61. The summed E-state index contributed by atoms with van der Waals surface area (Å²) >= 11 is 0. The Kier molecular flexibility index (Phi) is 5.81. The topological polar surface area (TPSA) is 51.8 Å². The van der Waals surface area contributed by atoms with Crippen LogP contribution in [-0.4, -0.2) is 15.0 Å². The van der Waals surface area contributed by atoms with Crippen LogP contribution in [0.25, 0.3) is 78.4 Å². The number of benzene rings is 6. The van der Waals surface area contributed by atoms with E-state index in [4.69, 9.17) is 19.4 Å². The number of fused-ring (bicyclic) bond motifs is 7. The average molecular weight is 592 g/mol. The molecule has 0 bridgehead atoms. The highest BCUT2D eigenvalue weighted by Crippen LogP contribution is 2.52. The van der Waals surface area contributed by atoms with E-state index in [-0.39, 0.29) is 5.41 Å². The van der Waals surface area contributed by atoms with Crippen molar-refractivity contribution in [2.24, 2.45) is 0 Å². The summed E-state index contributed by atoms with van der Waals surface area (Å²) in [6.45, 7) is 4.60. The molecule has 4 nitrogen and oxygen atoms in total. The Morgan fingerprint density at radius 2 is 1.04 bits per heavy atom. The van der Waals surface area contributed by atoms with E-state index in [0.717, 1.165) is 49.8 Å². The van der Waals surface area contributed by atoms with Gasteiger partial charge in [0, 0.05) is 38.4 Å². The fourth-order valence-corrected chi connectivity index (χ4v) is 6.97. The molecule has 2 heterocycles.